The van der Waals surface area contributed by atoms with E-state index >= 15 is 0 Å². The molecule has 0 amide bonds. The smallest absolute Gasteiger partial charge is 0.379 e. The molecule has 0 saturated carbocycles. The predicted molar refractivity (Wildman–Crippen MR) is 50.6 cm³/mol. The standard InChI is InChI=1S/C10H17F3O2/c1-9(2,15-3)6-4-8(14)5-7-10(11,12)13/h4-7H2,1-3H3. The van der Waals surface area contributed by atoms with E-state index in [0.717, 1.165) is 0 Å². The maximum atomic E-state index is 11.8. The molecule has 0 spiro atoms. The molecular formula is C10H17F3O2. The second kappa shape index (κ2) is 5.49. The lowest BCUT2D eigenvalue weighted by atomic mass is 9.99. The molecule has 0 rings (SSSR count). The van der Waals surface area contributed by atoms with E-state index in [0.29, 0.717) is 6.42 Å². The number of carbonyl (C=O) groups is 1. The molecule has 0 bridgehead atoms. The fourth-order valence-corrected chi connectivity index (χ4v) is 0.949. The van der Waals surface area contributed by atoms with E-state index in [1.807, 2.05) is 0 Å². The molecule has 0 aliphatic carbocycles. The van der Waals surface area contributed by atoms with Gasteiger partial charge in [-0.1, -0.05) is 0 Å². The normalized spacial score (nSPS) is 12.9. The molecule has 5 heteroatoms. The number of methoxy groups -OCH3 is 1. The maximum absolute atomic E-state index is 11.8. The van der Waals surface area contributed by atoms with Crippen molar-refractivity contribution in [1.82, 2.24) is 0 Å². The van der Waals surface area contributed by atoms with Crippen molar-refractivity contribution in [3.63, 3.8) is 0 Å². The summed E-state index contributed by atoms with van der Waals surface area (Å²) in [6.07, 6.45) is -5.12. The Hall–Kier alpha value is -0.580. The number of alkyl halides is 3. The lowest BCUT2D eigenvalue weighted by Crippen LogP contribution is -2.23. The fraction of sp³-hybridized carbons (Fsp3) is 0.900. The number of ketones is 1. The Bertz CT molecular complexity index is 209. The molecule has 0 aliphatic heterocycles. The summed E-state index contributed by atoms with van der Waals surface area (Å²) in [5.74, 6) is -0.363. The number of rotatable bonds is 6. The van der Waals surface area contributed by atoms with Gasteiger partial charge >= 0.3 is 6.18 Å². The summed E-state index contributed by atoms with van der Waals surface area (Å²) in [7, 11) is 1.51. The summed E-state index contributed by atoms with van der Waals surface area (Å²) < 4.78 is 40.4. The van der Waals surface area contributed by atoms with Crippen molar-refractivity contribution in [1.29, 1.82) is 0 Å². The van der Waals surface area contributed by atoms with Gasteiger partial charge in [0.15, 0.2) is 0 Å². The molecule has 0 saturated heterocycles. The minimum Gasteiger partial charge on any atom is -0.379 e. The Morgan fingerprint density at radius 3 is 2.00 bits per heavy atom. The maximum Gasteiger partial charge on any atom is 0.389 e. The molecular weight excluding hydrogens is 209 g/mol. The number of hydrogen-bond donors (Lipinski definition) is 0. The van der Waals surface area contributed by atoms with Crippen LogP contribution in [0.25, 0.3) is 0 Å². The molecule has 0 radical (unpaired) electrons. The van der Waals surface area contributed by atoms with Gasteiger partial charge in [0, 0.05) is 20.0 Å². The third-order valence-corrected chi connectivity index (χ3v) is 2.25. The summed E-state index contributed by atoms with van der Waals surface area (Å²) in [6.45, 7) is 3.59. The Labute approximate surface area is 87.8 Å². The van der Waals surface area contributed by atoms with Gasteiger partial charge in [-0.3, -0.25) is 4.79 Å². The molecule has 0 fully saturated rings. The molecule has 0 heterocycles. The Morgan fingerprint density at radius 1 is 1.13 bits per heavy atom. The van der Waals surface area contributed by atoms with Gasteiger partial charge in [-0.05, 0) is 20.3 Å². The first-order valence-corrected chi connectivity index (χ1v) is 4.80. The minimum absolute atomic E-state index is 0.136. The summed E-state index contributed by atoms with van der Waals surface area (Å²) in [6, 6.07) is 0. The number of carbonyl (C=O) groups excluding carboxylic acids is 1. The van der Waals surface area contributed by atoms with Crippen molar-refractivity contribution in [2.45, 2.75) is 51.3 Å². The van der Waals surface area contributed by atoms with Gasteiger partial charge in [0.1, 0.15) is 5.78 Å². The Balaban J connectivity index is 3.77. The summed E-state index contributed by atoms with van der Waals surface area (Å²) in [4.78, 5) is 11.1. The summed E-state index contributed by atoms with van der Waals surface area (Å²) >= 11 is 0. The monoisotopic (exact) mass is 226 g/mol. The zero-order valence-corrected chi connectivity index (χ0v) is 9.28. The molecule has 0 aromatic carbocycles. The highest BCUT2D eigenvalue weighted by Gasteiger charge is 2.28. The first kappa shape index (κ1) is 14.4. The fourth-order valence-electron chi connectivity index (χ4n) is 0.949. The van der Waals surface area contributed by atoms with Gasteiger partial charge in [-0.15, -0.1) is 0 Å². The van der Waals surface area contributed by atoms with Crippen molar-refractivity contribution < 1.29 is 22.7 Å². The van der Waals surface area contributed by atoms with Crippen LogP contribution in [0.15, 0.2) is 0 Å². The topological polar surface area (TPSA) is 26.3 Å². The molecule has 90 valence electrons. The Morgan fingerprint density at radius 2 is 1.60 bits per heavy atom. The molecule has 2 nitrogen and oxygen atoms in total. The van der Waals surface area contributed by atoms with E-state index in [1.165, 1.54) is 7.11 Å². The average Bonchev–Trinajstić information content (AvgIpc) is 2.10. The van der Waals surface area contributed by atoms with Crippen LogP contribution >= 0.6 is 0 Å². The summed E-state index contributed by atoms with van der Waals surface area (Å²) in [5.41, 5.74) is -0.451. The predicted octanol–water partition coefficient (Wildman–Crippen LogP) is 3.10. The van der Waals surface area contributed by atoms with Crippen LogP contribution in [-0.4, -0.2) is 24.7 Å². The van der Waals surface area contributed by atoms with Crippen molar-refractivity contribution >= 4 is 5.78 Å². The highest BCUT2D eigenvalue weighted by molar-refractivity contribution is 5.78. The second-order valence-electron chi connectivity index (χ2n) is 4.12. The van der Waals surface area contributed by atoms with Gasteiger partial charge in [-0.25, -0.2) is 0 Å². The van der Waals surface area contributed by atoms with Crippen LogP contribution in [0, 0.1) is 0 Å². The quantitative estimate of drug-likeness (QED) is 0.695. The molecule has 0 atom stereocenters. The average molecular weight is 226 g/mol. The van der Waals surface area contributed by atoms with E-state index in [2.05, 4.69) is 0 Å². The minimum atomic E-state index is -4.24. The highest BCUT2D eigenvalue weighted by atomic mass is 19.4. The lowest BCUT2D eigenvalue weighted by molar-refractivity contribution is -0.143. The first-order chi connectivity index (χ1) is 6.66. The molecule has 0 aromatic heterocycles. The van der Waals surface area contributed by atoms with Crippen molar-refractivity contribution in [3.8, 4) is 0 Å². The van der Waals surface area contributed by atoms with Gasteiger partial charge in [0.2, 0.25) is 0 Å². The van der Waals surface area contributed by atoms with Gasteiger partial charge in [-0.2, -0.15) is 13.2 Å². The number of hydrogen-bond acceptors (Lipinski definition) is 2. The largest absolute Gasteiger partial charge is 0.389 e. The van der Waals surface area contributed by atoms with Crippen molar-refractivity contribution in [2.75, 3.05) is 7.11 Å². The van der Waals surface area contributed by atoms with Crippen LogP contribution in [0.2, 0.25) is 0 Å². The van der Waals surface area contributed by atoms with E-state index in [-0.39, 0.29) is 12.2 Å². The van der Waals surface area contributed by atoms with Crippen LogP contribution in [0.3, 0.4) is 0 Å². The SMILES string of the molecule is COC(C)(C)CCC(=O)CCC(F)(F)F. The zero-order valence-electron chi connectivity index (χ0n) is 9.28. The van der Waals surface area contributed by atoms with Crippen molar-refractivity contribution in [2.24, 2.45) is 0 Å². The first-order valence-electron chi connectivity index (χ1n) is 4.80. The van der Waals surface area contributed by atoms with Crippen LogP contribution in [0.1, 0.15) is 39.5 Å². The van der Waals surface area contributed by atoms with E-state index in [1.54, 1.807) is 13.8 Å². The van der Waals surface area contributed by atoms with Crippen LogP contribution < -0.4 is 0 Å². The Kier molecular flexibility index (Phi) is 5.28. The number of Topliss-reactive ketones (excluding diaryl/α,β-unsaturated/α-hetero) is 1. The van der Waals surface area contributed by atoms with Gasteiger partial charge in [0.25, 0.3) is 0 Å². The van der Waals surface area contributed by atoms with Crippen LogP contribution in [0.5, 0.6) is 0 Å². The highest BCUT2D eigenvalue weighted by Crippen LogP contribution is 2.23. The third kappa shape index (κ3) is 8.42. The van der Waals surface area contributed by atoms with Crippen molar-refractivity contribution in [3.05, 3.63) is 0 Å². The van der Waals surface area contributed by atoms with E-state index < -0.39 is 24.6 Å². The van der Waals surface area contributed by atoms with Crippen LogP contribution in [-0.2, 0) is 9.53 Å². The number of halogens is 3. The molecule has 0 aromatic rings. The van der Waals surface area contributed by atoms with E-state index in [4.69, 9.17) is 4.74 Å². The lowest BCUT2D eigenvalue weighted by Gasteiger charge is -2.22. The molecule has 15 heavy (non-hydrogen) atoms. The van der Waals surface area contributed by atoms with Gasteiger partial charge < -0.3 is 4.74 Å². The second-order valence-corrected chi connectivity index (χ2v) is 4.12. The molecule has 0 unspecified atom stereocenters. The zero-order chi connectivity index (χ0) is 12.1. The number of ether oxygens (including phenoxy) is 1. The molecule has 0 aliphatic rings. The molecule has 0 N–H and O–H groups in total. The van der Waals surface area contributed by atoms with Gasteiger partial charge in [0.05, 0.1) is 12.0 Å². The summed E-state index contributed by atoms with van der Waals surface area (Å²) in [5, 5.41) is 0. The third-order valence-electron chi connectivity index (χ3n) is 2.25. The van der Waals surface area contributed by atoms with E-state index in [9.17, 15) is 18.0 Å². The van der Waals surface area contributed by atoms with Crippen LogP contribution in [0.4, 0.5) is 13.2 Å².